The molecule has 6 heteroatoms. The van der Waals surface area contributed by atoms with E-state index in [1.807, 2.05) is 23.5 Å². The third kappa shape index (κ3) is 3.34. The Kier molecular flexibility index (Phi) is 5.73. The molecular weight excluding hydrogens is 449 g/mol. The van der Waals surface area contributed by atoms with Crippen LogP contribution < -0.4 is 10.4 Å². The summed E-state index contributed by atoms with van der Waals surface area (Å²) in [7, 11) is 0. The van der Waals surface area contributed by atoms with Gasteiger partial charge in [-0.15, -0.1) is 0 Å². The summed E-state index contributed by atoms with van der Waals surface area (Å²) < 4.78 is 2.47. The summed E-state index contributed by atoms with van der Waals surface area (Å²) in [5, 5.41) is 27.0. The van der Waals surface area contributed by atoms with Gasteiger partial charge in [0.25, 0.3) is 0 Å². The van der Waals surface area contributed by atoms with Crippen LogP contribution >= 0.6 is 47.0 Å². The highest BCUT2D eigenvalue weighted by Gasteiger charge is 2.23. The second-order valence-electron chi connectivity index (χ2n) is 7.10. The maximum Gasteiger partial charge on any atom is 0.0753 e. The first kappa shape index (κ1) is 20.6. The molecule has 2 N–H and O–H groups in total. The first-order chi connectivity index (χ1) is 14.6. The quantitative estimate of drug-likeness (QED) is 0.482. The minimum Gasteiger partial charge on any atom is -0.391 e. The van der Waals surface area contributed by atoms with Gasteiger partial charge in [-0.25, -0.2) is 0 Å². The van der Waals surface area contributed by atoms with Crippen LogP contribution in [0.3, 0.4) is 0 Å². The summed E-state index contributed by atoms with van der Waals surface area (Å²) >= 11 is 6.92. The zero-order valence-corrected chi connectivity index (χ0v) is 19.8. The molecule has 2 aliphatic heterocycles. The first-order valence-corrected chi connectivity index (χ1v) is 12.9. The second kappa shape index (κ2) is 8.34. The minimum absolute atomic E-state index is 0.0412. The van der Waals surface area contributed by atoms with Crippen LogP contribution in [0.5, 0.6) is 0 Å². The van der Waals surface area contributed by atoms with Crippen molar-refractivity contribution in [2.24, 2.45) is 0 Å². The number of fused-ring (bicyclic) bond motifs is 2. The van der Waals surface area contributed by atoms with Crippen LogP contribution in [0.1, 0.15) is 13.8 Å². The van der Waals surface area contributed by atoms with Gasteiger partial charge in [0.2, 0.25) is 0 Å². The van der Waals surface area contributed by atoms with E-state index in [1.165, 1.54) is 46.0 Å². The fraction of sp³-hybridized carbons (Fsp3) is 0.167. The van der Waals surface area contributed by atoms with Crippen molar-refractivity contribution in [3.05, 3.63) is 78.6 Å². The molecule has 0 unspecified atom stereocenters. The average molecular weight is 469 g/mol. The Morgan fingerprint density at radius 2 is 0.900 bits per heavy atom. The molecule has 0 atom stereocenters. The van der Waals surface area contributed by atoms with Gasteiger partial charge in [0.15, 0.2) is 0 Å². The molecule has 152 valence electrons. The summed E-state index contributed by atoms with van der Waals surface area (Å²) in [6.45, 7) is 4.30. The molecule has 30 heavy (non-hydrogen) atoms. The van der Waals surface area contributed by atoms with Crippen LogP contribution in [0.4, 0.5) is 0 Å². The smallest absolute Gasteiger partial charge is 0.0753 e. The Morgan fingerprint density at radius 1 is 0.567 bits per heavy atom. The van der Waals surface area contributed by atoms with Gasteiger partial charge < -0.3 is 10.2 Å². The van der Waals surface area contributed by atoms with Gasteiger partial charge >= 0.3 is 0 Å². The van der Waals surface area contributed by atoms with Gasteiger partial charge in [0.1, 0.15) is 0 Å². The van der Waals surface area contributed by atoms with E-state index >= 15 is 0 Å². The Hall–Kier alpha value is -1.28. The Labute approximate surface area is 192 Å². The van der Waals surface area contributed by atoms with Crippen molar-refractivity contribution >= 4 is 77.1 Å². The maximum atomic E-state index is 9.77. The van der Waals surface area contributed by atoms with Crippen LogP contribution in [0.2, 0.25) is 0 Å². The number of hydrogen-bond donors (Lipinski definition) is 2. The Bertz CT molecular complexity index is 1290. The van der Waals surface area contributed by atoms with Crippen LogP contribution in [0.15, 0.2) is 68.2 Å². The van der Waals surface area contributed by atoms with Gasteiger partial charge in [-0.05, 0) is 45.2 Å². The van der Waals surface area contributed by atoms with Gasteiger partial charge in [0, 0.05) is 20.2 Å². The number of allylic oxidation sites excluding steroid dienone is 2. The molecular formula is C24H20O2S4. The lowest BCUT2D eigenvalue weighted by molar-refractivity contribution is 0.324. The van der Waals surface area contributed by atoms with E-state index in [9.17, 15) is 10.2 Å². The van der Waals surface area contributed by atoms with Crippen molar-refractivity contribution in [3.8, 4) is 0 Å². The Morgan fingerprint density at radius 3 is 1.23 bits per heavy atom. The third-order valence-electron chi connectivity index (χ3n) is 5.36. The first-order valence-electron chi connectivity index (χ1n) is 9.63. The molecule has 3 aromatic carbocycles. The highest BCUT2D eigenvalue weighted by atomic mass is 32.2. The highest BCUT2D eigenvalue weighted by Crippen LogP contribution is 2.51. The van der Waals surface area contributed by atoms with E-state index < -0.39 is 0 Å². The molecule has 0 fully saturated rings. The topological polar surface area (TPSA) is 40.5 Å². The monoisotopic (exact) mass is 468 g/mol. The van der Waals surface area contributed by atoms with E-state index in [2.05, 4.69) is 62.4 Å². The summed E-state index contributed by atoms with van der Waals surface area (Å²) in [5.74, 6) is 0. The molecule has 0 amide bonds. The summed E-state index contributed by atoms with van der Waals surface area (Å²) in [6, 6.07) is 17.2. The molecule has 2 heterocycles. The molecule has 3 aromatic rings. The lowest BCUT2D eigenvalue weighted by Crippen LogP contribution is -2.16. The Balaban J connectivity index is 1.94. The van der Waals surface area contributed by atoms with Gasteiger partial charge in [0.05, 0.1) is 21.7 Å². The SMILES string of the molecule is CC1=C(C)SC(=c2c3ccccc3c(=C3SC(CO)=C(CO)S3)c3ccccc23)S1. The average Bonchev–Trinajstić information content (AvgIpc) is 3.34. The van der Waals surface area contributed by atoms with E-state index in [4.69, 9.17) is 0 Å². The second-order valence-corrected chi connectivity index (χ2v) is 12.3. The predicted octanol–water partition coefficient (Wildman–Crippen LogP) is 5.53. The molecule has 5 rings (SSSR count). The minimum atomic E-state index is -0.0412. The van der Waals surface area contributed by atoms with Crippen molar-refractivity contribution < 1.29 is 10.2 Å². The largest absolute Gasteiger partial charge is 0.391 e. The molecule has 0 bridgehead atoms. The van der Waals surface area contributed by atoms with Gasteiger partial charge in [-0.1, -0.05) is 95.6 Å². The van der Waals surface area contributed by atoms with Crippen LogP contribution in [-0.4, -0.2) is 23.4 Å². The lowest BCUT2D eigenvalue weighted by Gasteiger charge is -2.11. The van der Waals surface area contributed by atoms with Crippen LogP contribution in [0.25, 0.3) is 30.0 Å². The number of benzene rings is 3. The van der Waals surface area contributed by atoms with Gasteiger partial charge in [-0.2, -0.15) is 0 Å². The molecule has 0 saturated carbocycles. The molecule has 2 aliphatic rings. The van der Waals surface area contributed by atoms with E-state index in [1.54, 1.807) is 23.5 Å². The number of hydrogen-bond acceptors (Lipinski definition) is 6. The van der Waals surface area contributed by atoms with Crippen LogP contribution in [0, 0.1) is 0 Å². The predicted molar refractivity (Wildman–Crippen MR) is 137 cm³/mol. The fourth-order valence-corrected chi connectivity index (χ4v) is 9.07. The van der Waals surface area contributed by atoms with Crippen LogP contribution in [-0.2, 0) is 0 Å². The van der Waals surface area contributed by atoms with E-state index in [-0.39, 0.29) is 13.2 Å². The summed E-state index contributed by atoms with van der Waals surface area (Å²) in [6.07, 6.45) is 0. The molecule has 2 nitrogen and oxygen atoms in total. The number of aliphatic hydroxyl groups excluding tert-OH is 2. The van der Waals surface area contributed by atoms with Crippen molar-refractivity contribution in [2.75, 3.05) is 13.2 Å². The van der Waals surface area contributed by atoms with Crippen molar-refractivity contribution in [1.29, 1.82) is 0 Å². The third-order valence-corrected chi connectivity index (χ3v) is 10.6. The van der Waals surface area contributed by atoms with E-state index in [0.29, 0.717) is 0 Å². The normalized spacial score (nSPS) is 17.3. The summed E-state index contributed by atoms with van der Waals surface area (Å²) in [5.41, 5.74) is 0. The zero-order valence-electron chi connectivity index (χ0n) is 16.6. The highest BCUT2D eigenvalue weighted by molar-refractivity contribution is 8.36. The number of rotatable bonds is 2. The molecule has 0 radical (unpaired) electrons. The molecule has 0 saturated heterocycles. The molecule has 0 aliphatic carbocycles. The fourth-order valence-electron chi connectivity index (χ4n) is 3.81. The van der Waals surface area contributed by atoms with Gasteiger partial charge in [-0.3, -0.25) is 0 Å². The molecule has 0 aromatic heterocycles. The maximum absolute atomic E-state index is 9.77. The zero-order chi connectivity index (χ0) is 20.8. The van der Waals surface area contributed by atoms with Crippen molar-refractivity contribution in [1.82, 2.24) is 0 Å². The number of thioether (sulfide) groups is 4. The van der Waals surface area contributed by atoms with E-state index in [0.717, 1.165) is 14.0 Å². The summed E-state index contributed by atoms with van der Waals surface area (Å²) in [4.78, 5) is 4.43. The lowest BCUT2D eigenvalue weighted by atomic mass is 9.99. The standard InChI is InChI=1S/C24H20O2S4/c1-13-14(2)28-23(27-13)21-15-7-3-5-9-17(15)22(18-10-6-4-8-16(18)21)24-29-19(11-25)20(12-26)30-24/h3-10,25-26H,11-12H2,1-2H3. The van der Waals surface area contributed by atoms with Crippen molar-refractivity contribution in [2.45, 2.75) is 13.8 Å². The van der Waals surface area contributed by atoms with Crippen molar-refractivity contribution in [3.63, 3.8) is 0 Å². The molecule has 0 spiro atoms. The number of aliphatic hydroxyl groups is 2.